The van der Waals surface area contributed by atoms with Gasteiger partial charge in [0.15, 0.2) is 0 Å². The van der Waals surface area contributed by atoms with Crippen molar-refractivity contribution in [1.82, 2.24) is 0 Å². The van der Waals surface area contributed by atoms with E-state index in [1.54, 1.807) is 28.4 Å². The first-order valence-corrected chi connectivity index (χ1v) is 12.2. The Balaban J connectivity index is 0. The minimum atomic E-state index is -1.90. The van der Waals surface area contributed by atoms with E-state index in [-0.39, 0.29) is 0 Å². The first-order valence-electron chi connectivity index (χ1n) is 8.22. The van der Waals surface area contributed by atoms with Gasteiger partial charge in [-0.15, -0.1) is 0 Å². The molecule has 0 amide bonds. The molecular weight excluding hydrogens is 312 g/mol. The lowest BCUT2D eigenvalue weighted by Gasteiger charge is -2.34. The molecule has 0 bridgehead atoms. The van der Waals surface area contributed by atoms with Gasteiger partial charge in [-0.05, 0) is 22.2 Å². The van der Waals surface area contributed by atoms with E-state index in [1.165, 1.54) is 0 Å². The molecule has 0 aromatic rings. The molecule has 6 heteroatoms. The van der Waals surface area contributed by atoms with Gasteiger partial charge in [-0.1, -0.05) is 55.4 Å². The second kappa shape index (κ2) is 10.9. The third-order valence-electron chi connectivity index (χ3n) is 4.50. The second-order valence-corrected chi connectivity index (χ2v) is 16.0. The lowest BCUT2D eigenvalue weighted by molar-refractivity contribution is 0.223. The van der Waals surface area contributed by atoms with E-state index in [0.29, 0.717) is 22.2 Å². The first-order chi connectivity index (χ1) is 10.0. The highest BCUT2D eigenvalue weighted by atomic mass is 28.4. The van der Waals surface area contributed by atoms with Gasteiger partial charge in [0, 0.05) is 28.4 Å². The van der Waals surface area contributed by atoms with Crippen molar-refractivity contribution >= 4 is 17.1 Å². The van der Waals surface area contributed by atoms with E-state index < -0.39 is 17.1 Å². The fraction of sp³-hybridized carbons (Fsp3) is 1.00. The Morgan fingerprint density at radius 1 is 0.409 bits per heavy atom. The highest BCUT2D eigenvalue weighted by Gasteiger charge is 2.43. The monoisotopic (exact) mass is 352 g/mol. The summed E-state index contributed by atoms with van der Waals surface area (Å²) in [6.07, 6.45) is 0. The van der Waals surface area contributed by atoms with Gasteiger partial charge < -0.3 is 17.7 Å². The summed E-state index contributed by atoms with van der Waals surface area (Å²) in [6.45, 7) is 17.3. The lowest BCUT2D eigenvalue weighted by Crippen LogP contribution is -2.46. The molecule has 4 nitrogen and oxygen atoms in total. The Morgan fingerprint density at radius 2 is 0.545 bits per heavy atom. The molecule has 0 spiro atoms. The molecule has 0 rings (SSSR count). The van der Waals surface area contributed by atoms with Crippen molar-refractivity contribution in [3.63, 3.8) is 0 Å². The summed E-state index contributed by atoms with van der Waals surface area (Å²) in [4.78, 5) is 0. The van der Waals surface area contributed by atoms with Crippen LogP contribution in [0.2, 0.25) is 22.2 Å². The Kier molecular flexibility index (Phi) is 12.2. The fourth-order valence-corrected chi connectivity index (χ4v) is 10.2. The van der Waals surface area contributed by atoms with Gasteiger partial charge in [-0.2, -0.15) is 0 Å². The molecule has 0 saturated heterocycles. The third-order valence-corrected chi connectivity index (χ3v) is 13.5. The zero-order valence-corrected chi connectivity index (χ0v) is 18.9. The molecule has 0 saturated carbocycles. The first kappa shape index (κ1) is 24.5. The van der Waals surface area contributed by atoms with E-state index >= 15 is 0 Å². The van der Waals surface area contributed by atoms with Crippen molar-refractivity contribution in [2.45, 2.75) is 77.6 Å². The van der Waals surface area contributed by atoms with Crippen LogP contribution in [-0.4, -0.2) is 45.6 Å². The summed E-state index contributed by atoms with van der Waals surface area (Å²) in [5.74, 6) is 0. The van der Waals surface area contributed by atoms with Crippen molar-refractivity contribution in [3.05, 3.63) is 0 Å². The average Bonchev–Trinajstić information content (AvgIpc) is 2.41. The minimum Gasteiger partial charge on any atom is -0.397 e. The summed E-state index contributed by atoms with van der Waals surface area (Å²) in [5, 5.41) is 0. The van der Waals surface area contributed by atoms with Crippen molar-refractivity contribution in [2.75, 3.05) is 28.4 Å². The minimum absolute atomic E-state index is 0.512. The predicted molar refractivity (Wildman–Crippen MR) is 99.9 cm³/mol. The maximum Gasteiger partial charge on any atom is 0.342 e. The zero-order chi connectivity index (χ0) is 18.1. The van der Waals surface area contributed by atoms with Crippen molar-refractivity contribution < 1.29 is 17.7 Å². The fourth-order valence-electron chi connectivity index (χ4n) is 3.39. The van der Waals surface area contributed by atoms with Gasteiger partial charge in [-0.25, -0.2) is 0 Å². The normalized spacial score (nSPS) is 13.1. The predicted octanol–water partition coefficient (Wildman–Crippen LogP) is 5.08. The molecule has 0 aliphatic rings. The molecule has 0 unspecified atom stereocenters. The van der Waals surface area contributed by atoms with Crippen LogP contribution in [0, 0.1) is 0 Å². The van der Waals surface area contributed by atoms with Gasteiger partial charge in [0.05, 0.1) is 0 Å². The molecular formula is C16H40O4Si2. The molecule has 0 heterocycles. The second-order valence-electron chi connectivity index (χ2n) is 6.88. The SMILES string of the molecule is CO[Si](OC)(C(C)C)C(C)C.CO[Si](OC)(C(C)C)C(C)C. The molecule has 0 fully saturated rings. The smallest absolute Gasteiger partial charge is 0.342 e. The largest absolute Gasteiger partial charge is 0.397 e. The Bertz CT molecular complexity index is 225. The van der Waals surface area contributed by atoms with Crippen molar-refractivity contribution in [3.8, 4) is 0 Å². The zero-order valence-electron chi connectivity index (χ0n) is 16.9. The molecule has 136 valence electrons. The molecule has 0 aliphatic carbocycles. The van der Waals surface area contributed by atoms with E-state index in [2.05, 4.69) is 55.4 Å². The molecule has 22 heavy (non-hydrogen) atoms. The van der Waals surface area contributed by atoms with Gasteiger partial charge in [0.2, 0.25) is 0 Å². The van der Waals surface area contributed by atoms with Crippen LogP contribution >= 0.6 is 0 Å². The highest BCUT2D eigenvalue weighted by molar-refractivity contribution is 6.70. The molecule has 0 aromatic heterocycles. The Labute approximate surface area is 141 Å². The Morgan fingerprint density at radius 3 is 0.545 bits per heavy atom. The van der Waals surface area contributed by atoms with E-state index in [9.17, 15) is 0 Å². The van der Waals surface area contributed by atoms with E-state index in [1.807, 2.05) is 0 Å². The van der Waals surface area contributed by atoms with Crippen LogP contribution in [0.5, 0.6) is 0 Å². The quantitative estimate of drug-likeness (QED) is 0.571. The maximum absolute atomic E-state index is 5.53. The van der Waals surface area contributed by atoms with Gasteiger partial charge >= 0.3 is 17.1 Å². The van der Waals surface area contributed by atoms with Crippen LogP contribution < -0.4 is 0 Å². The summed E-state index contributed by atoms with van der Waals surface area (Å²) in [7, 11) is 3.24. The van der Waals surface area contributed by atoms with E-state index in [4.69, 9.17) is 17.7 Å². The summed E-state index contributed by atoms with van der Waals surface area (Å²) < 4.78 is 22.1. The van der Waals surface area contributed by atoms with Crippen LogP contribution in [0.3, 0.4) is 0 Å². The highest BCUT2D eigenvalue weighted by Crippen LogP contribution is 2.33. The number of hydrogen-bond acceptors (Lipinski definition) is 4. The third kappa shape index (κ3) is 5.72. The van der Waals surface area contributed by atoms with Crippen LogP contribution in [0.4, 0.5) is 0 Å². The molecule has 0 atom stereocenters. The van der Waals surface area contributed by atoms with Crippen LogP contribution in [0.15, 0.2) is 0 Å². The summed E-state index contributed by atoms with van der Waals surface area (Å²) in [6, 6.07) is 0. The van der Waals surface area contributed by atoms with Crippen LogP contribution in [0.25, 0.3) is 0 Å². The maximum atomic E-state index is 5.53. The number of rotatable bonds is 8. The standard InChI is InChI=1S/2C8H20O2Si/c2*1-7(2)11(9-5,10-6)8(3)4/h2*7-8H,1-6H3. The topological polar surface area (TPSA) is 36.9 Å². The van der Waals surface area contributed by atoms with Crippen LogP contribution in [-0.2, 0) is 17.7 Å². The average molecular weight is 353 g/mol. The van der Waals surface area contributed by atoms with Gasteiger partial charge in [0.25, 0.3) is 0 Å². The van der Waals surface area contributed by atoms with Gasteiger partial charge in [0.1, 0.15) is 0 Å². The molecule has 0 radical (unpaired) electrons. The molecule has 0 aromatic carbocycles. The summed E-state index contributed by atoms with van der Waals surface area (Å²) in [5.41, 5.74) is 2.05. The van der Waals surface area contributed by atoms with Crippen molar-refractivity contribution in [1.29, 1.82) is 0 Å². The molecule has 0 aliphatic heterocycles. The summed E-state index contributed by atoms with van der Waals surface area (Å²) >= 11 is 0. The van der Waals surface area contributed by atoms with Crippen LogP contribution in [0.1, 0.15) is 55.4 Å². The van der Waals surface area contributed by atoms with Crippen molar-refractivity contribution in [2.24, 2.45) is 0 Å². The number of hydrogen-bond donors (Lipinski definition) is 0. The molecule has 0 N–H and O–H groups in total. The Hall–Kier alpha value is 0.274. The lowest BCUT2D eigenvalue weighted by atomic mass is 10.5. The van der Waals surface area contributed by atoms with Gasteiger partial charge in [-0.3, -0.25) is 0 Å². The van der Waals surface area contributed by atoms with E-state index in [0.717, 1.165) is 0 Å².